The second-order valence-corrected chi connectivity index (χ2v) is 7.02. The third kappa shape index (κ3) is 3.91. The summed E-state index contributed by atoms with van der Waals surface area (Å²) >= 11 is 0. The van der Waals surface area contributed by atoms with Gasteiger partial charge in [0.05, 0.1) is 19.1 Å². The molecule has 144 valence electrons. The van der Waals surface area contributed by atoms with E-state index in [2.05, 4.69) is 46.1 Å². The molecule has 1 fully saturated rings. The lowest BCUT2D eigenvalue weighted by Crippen LogP contribution is -2.30. The highest BCUT2D eigenvalue weighted by Gasteiger charge is 2.28. The molecule has 28 heavy (non-hydrogen) atoms. The lowest BCUT2D eigenvalue weighted by molar-refractivity contribution is 0.0981. The van der Waals surface area contributed by atoms with Gasteiger partial charge in [0.1, 0.15) is 11.5 Å². The van der Waals surface area contributed by atoms with Gasteiger partial charge in [0.15, 0.2) is 0 Å². The molecule has 1 N–H and O–H groups in total. The maximum atomic E-state index is 13.4. The van der Waals surface area contributed by atoms with E-state index in [-0.39, 0.29) is 11.7 Å². The Kier molecular flexibility index (Phi) is 5.10. The quantitative estimate of drug-likeness (QED) is 0.664. The van der Waals surface area contributed by atoms with Crippen molar-refractivity contribution in [2.75, 3.05) is 16.3 Å². The van der Waals surface area contributed by atoms with Crippen LogP contribution in [0.15, 0.2) is 61.1 Å². The van der Waals surface area contributed by atoms with Gasteiger partial charge >= 0.3 is 0 Å². The maximum absolute atomic E-state index is 13.4. The van der Waals surface area contributed by atoms with Gasteiger partial charge < -0.3 is 14.8 Å². The first-order valence-corrected chi connectivity index (χ1v) is 9.57. The molecule has 1 heterocycles. The smallest absolute Gasteiger partial charge is 0.276 e. The number of aromatic nitrogens is 2. The number of nitrogens with zero attached hydrogens (tertiary/aromatic N) is 3. The van der Waals surface area contributed by atoms with E-state index in [1.165, 1.54) is 43.2 Å². The standard InChI is InChI=1S/C22H23FN4O/c1-2-26(19-11-12-19)18-7-3-16(4-8-18)14-27(20-9-5-17(23)6-10-20)22(28)21-13-24-15-25-21/h3-10,13,15,19H,2,11-12,14H2,1H3,(H,24,25). The van der Waals surface area contributed by atoms with Crippen LogP contribution in [0, 0.1) is 5.82 Å². The van der Waals surface area contributed by atoms with E-state index in [4.69, 9.17) is 0 Å². The second kappa shape index (κ2) is 7.84. The Balaban J connectivity index is 1.58. The number of H-pyrrole nitrogens is 1. The van der Waals surface area contributed by atoms with Crippen LogP contribution in [0.25, 0.3) is 0 Å². The zero-order valence-corrected chi connectivity index (χ0v) is 15.8. The van der Waals surface area contributed by atoms with Gasteiger partial charge in [-0.15, -0.1) is 0 Å². The highest BCUT2D eigenvalue weighted by molar-refractivity contribution is 6.04. The summed E-state index contributed by atoms with van der Waals surface area (Å²) < 4.78 is 13.4. The Hall–Kier alpha value is -3.15. The molecular formula is C22H23FN4O. The third-order valence-corrected chi connectivity index (χ3v) is 5.05. The number of carbonyl (C=O) groups is 1. The molecule has 0 unspecified atom stereocenters. The molecule has 0 radical (unpaired) electrons. The Bertz CT molecular complexity index is 918. The summed E-state index contributed by atoms with van der Waals surface area (Å²) in [4.78, 5) is 23.8. The minimum Gasteiger partial charge on any atom is -0.369 e. The summed E-state index contributed by atoms with van der Waals surface area (Å²) in [5, 5.41) is 0. The SMILES string of the molecule is CCN(c1ccc(CN(C(=O)c2cnc[nH]2)c2ccc(F)cc2)cc1)C1CC1. The average molecular weight is 378 g/mol. The summed E-state index contributed by atoms with van der Waals surface area (Å²) in [5.74, 6) is -0.539. The predicted molar refractivity (Wildman–Crippen MR) is 108 cm³/mol. The summed E-state index contributed by atoms with van der Waals surface area (Å²) in [6.45, 7) is 3.55. The Morgan fingerprint density at radius 1 is 1.11 bits per heavy atom. The van der Waals surface area contributed by atoms with E-state index in [0.717, 1.165) is 12.1 Å². The van der Waals surface area contributed by atoms with Crippen LogP contribution < -0.4 is 9.80 Å². The molecule has 1 aromatic heterocycles. The van der Waals surface area contributed by atoms with Gasteiger partial charge in [-0.2, -0.15) is 0 Å². The Morgan fingerprint density at radius 2 is 1.79 bits per heavy atom. The number of benzene rings is 2. The minimum absolute atomic E-state index is 0.207. The van der Waals surface area contributed by atoms with E-state index in [1.54, 1.807) is 17.0 Å². The number of imidazole rings is 1. The van der Waals surface area contributed by atoms with Gasteiger partial charge in [0, 0.05) is 24.0 Å². The van der Waals surface area contributed by atoms with Crippen molar-refractivity contribution in [1.82, 2.24) is 9.97 Å². The van der Waals surface area contributed by atoms with E-state index >= 15 is 0 Å². The normalized spacial score (nSPS) is 13.4. The second-order valence-electron chi connectivity index (χ2n) is 7.02. The molecule has 1 aliphatic rings. The number of nitrogens with one attached hydrogen (secondary N) is 1. The van der Waals surface area contributed by atoms with Gasteiger partial charge in [-0.3, -0.25) is 4.79 Å². The largest absolute Gasteiger partial charge is 0.369 e. The molecule has 4 rings (SSSR count). The molecular weight excluding hydrogens is 355 g/mol. The van der Waals surface area contributed by atoms with E-state index in [0.29, 0.717) is 24.0 Å². The van der Waals surface area contributed by atoms with Gasteiger partial charge in [0.2, 0.25) is 0 Å². The molecule has 5 nitrogen and oxygen atoms in total. The first-order valence-electron chi connectivity index (χ1n) is 9.57. The number of amides is 1. The lowest BCUT2D eigenvalue weighted by atomic mass is 10.1. The number of carbonyl (C=O) groups excluding carboxylic acids is 1. The Labute approximate surface area is 163 Å². The minimum atomic E-state index is -0.332. The number of anilines is 2. The van der Waals surface area contributed by atoms with Crippen molar-refractivity contribution in [3.8, 4) is 0 Å². The van der Waals surface area contributed by atoms with Crippen LogP contribution in [0.4, 0.5) is 15.8 Å². The number of hydrogen-bond donors (Lipinski definition) is 1. The predicted octanol–water partition coefficient (Wildman–Crippen LogP) is 4.38. The highest BCUT2D eigenvalue weighted by atomic mass is 19.1. The molecule has 0 bridgehead atoms. The number of halogens is 1. The summed E-state index contributed by atoms with van der Waals surface area (Å²) in [6.07, 6.45) is 5.48. The Morgan fingerprint density at radius 3 is 2.36 bits per heavy atom. The molecule has 0 atom stereocenters. The van der Waals surface area contributed by atoms with Crippen molar-refractivity contribution in [1.29, 1.82) is 0 Å². The van der Waals surface area contributed by atoms with Crippen molar-refractivity contribution in [2.24, 2.45) is 0 Å². The third-order valence-electron chi connectivity index (χ3n) is 5.05. The van der Waals surface area contributed by atoms with Crippen molar-refractivity contribution in [3.63, 3.8) is 0 Å². The first kappa shape index (κ1) is 18.2. The summed E-state index contributed by atoms with van der Waals surface area (Å²) in [7, 11) is 0. The van der Waals surface area contributed by atoms with E-state index < -0.39 is 0 Å². The molecule has 1 aliphatic carbocycles. The topological polar surface area (TPSA) is 52.2 Å². The number of aromatic amines is 1. The molecule has 0 aliphatic heterocycles. The van der Waals surface area contributed by atoms with Crippen LogP contribution in [-0.4, -0.2) is 28.5 Å². The molecule has 3 aromatic rings. The average Bonchev–Trinajstić information content (AvgIpc) is 3.40. The first-order chi connectivity index (χ1) is 13.7. The van der Waals surface area contributed by atoms with Crippen molar-refractivity contribution in [3.05, 3.63) is 78.1 Å². The van der Waals surface area contributed by atoms with E-state index in [1.807, 2.05) is 0 Å². The highest BCUT2D eigenvalue weighted by Crippen LogP contribution is 2.31. The number of rotatable bonds is 7. The molecule has 1 saturated carbocycles. The van der Waals surface area contributed by atoms with Crippen LogP contribution in [0.2, 0.25) is 0 Å². The van der Waals surface area contributed by atoms with Crippen LogP contribution in [-0.2, 0) is 6.54 Å². The monoisotopic (exact) mass is 378 g/mol. The van der Waals surface area contributed by atoms with Crippen LogP contribution in [0.5, 0.6) is 0 Å². The van der Waals surface area contributed by atoms with Gasteiger partial charge in [0.25, 0.3) is 5.91 Å². The number of hydrogen-bond acceptors (Lipinski definition) is 3. The zero-order chi connectivity index (χ0) is 19.5. The van der Waals surface area contributed by atoms with Crippen molar-refractivity contribution in [2.45, 2.75) is 32.4 Å². The van der Waals surface area contributed by atoms with Crippen LogP contribution in [0.1, 0.15) is 35.8 Å². The summed E-state index contributed by atoms with van der Waals surface area (Å²) in [6, 6.07) is 14.9. The van der Waals surface area contributed by atoms with Crippen LogP contribution >= 0.6 is 0 Å². The maximum Gasteiger partial charge on any atom is 0.276 e. The van der Waals surface area contributed by atoms with Gasteiger partial charge in [-0.25, -0.2) is 9.37 Å². The van der Waals surface area contributed by atoms with Crippen LogP contribution in [0.3, 0.4) is 0 Å². The molecule has 0 saturated heterocycles. The molecule has 1 amide bonds. The van der Waals surface area contributed by atoms with E-state index in [9.17, 15) is 9.18 Å². The van der Waals surface area contributed by atoms with Crippen molar-refractivity contribution >= 4 is 17.3 Å². The molecule has 6 heteroatoms. The summed E-state index contributed by atoms with van der Waals surface area (Å²) in [5.41, 5.74) is 3.25. The van der Waals surface area contributed by atoms with Gasteiger partial charge in [-0.1, -0.05) is 12.1 Å². The fourth-order valence-electron chi connectivity index (χ4n) is 3.43. The zero-order valence-electron chi connectivity index (χ0n) is 15.8. The fraction of sp³-hybridized carbons (Fsp3) is 0.273. The molecule has 2 aromatic carbocycles. The molecule has 0 spiro atoms. The lowest BCUT2D eigenvalue weighted by Gasteiger charge is -2.25. The fourth-order valence-corrected chi connectivity index (χ4v) is 3.43. The van der Waals surface area contributed by atoms with Gasteiger partial charge in [-0.05, 0) is 61.7 Å². The van der Waals surface area contributed by atoms with Crippen molar-refractivity contribution < 1.29 is 9.18 Å².